The SMILES string of the molecule is CC1c2ccsc2CCN1Cc1ccc(Cl)c([N+](=O)[O-])c1. The van der Waals surface area contributed by atoms with Gasteiger partial charge in [0.05, 0.1) is 4.92 Å². The maximum atomic E-state index is 11.0. The lowest BCUT2D eigenvalue weighted by Gasteiger charge is -2.33. The van der Waals surface area contributed by atoms with Crippen molar-refractivity contribution in [2.24, 2.45) is 0 Å². The van der Waals surface area contributed by atoms with Crippen molar-refractivity contribution in [3.05, 3.63) is 60.8 Å². The van der Waals surface area contributed by atoms with Crippen LogP contribution in [0.25, 0.3) is 0 Å². The molecule has 0 saturated heterocycles. The highest BCUT2D eigenvalue weighted by molar-refractivity contribution is 7.10. The molecule has 0 saturated carbocycles. The zero-order chi connectivity index (χ0) is 15.0. The van der Waals surface area contributed by atoms with Crippen LogP contribution in [0, 0.1) is 10.1 Å². The predicted octanol–water partition coefficient (Wildman–Crippen LogP) is 4.43. The van der Waals surface area contributed by atoms with Crippen molar-refractivity contribution in [3.63, 3.8) is 0 Å². The lowest BCUT2D eigenvalue weighted by molar-refractivity contribution is -0.384. The average molecular weight is 323 g/mol. The molecule has 1 aliphatic rings. The highest BCUT2D eigenvalue weighted by atomic mass is 35.5. The largest absolute Gasteiger partial charge is 0.292 e. The summed E-state index contributed by atoms with van der Waals surface area (Å²) in [4.78, 5) is 14.3. The minimum atomic E-state index is -0.428. The highest BCUT2D eigenvalue weighted by Gasteiger charge is 2.25. The van der Waals surface area contributed by atoms with Crippen molar-refractivity contribution in [1.29, 1.82) is 0 Å². The molecule has 2 heterocycles. The van der Waals surface area contributed by atoms with Gasteiger partial charge in [0.25, 0.3) is 5.69 Å². The smallest absolute Gasteiger partial charge is 0.288 e. The first-order valence-electron chi connectivity index (χ1n) is 6.79. The molecule has 1 aliphatic heterocycles. The van der Waals surface area contributed by atoms with E-state index in [4.69, 9.17) is 11.6 Å². The number of nitrogens with zero attached hydrogens (tertiary/aromatic N) is 2. The van der Waals surface area contributed by atoms with E-state index < -0.39 is 4.92 Å². The Kier molecular flexibility index (Phi) is 3.97. The predicted molar refractivity (Wildman–Crippen MR) is 85.0 cm³/mol. The van der Waals surface area contributed by atoms with E-state index in [2.05, 4.69) is 23.3 Å². The lowest BCUT2D eigenvalue weighted by atomic mass is 10.0. The number of rotatable bonds is 3. The number of thiophene rings is 1. The Hall–Kier alpha value is -1.43. The molecule has 1 atom stereocenters. The molecule has 1 aromatic heterocycles. The van der Waals surface area contributed by atoms with Gasteiger partial charge in [-0.2, -0.15) is 0 Å². The summed E-state index contributed by atoms with van der Waals surface area (Å²) in [7, 11) is 0. The average Bonchev–Trinajstić information content (AvgIpc) is 2.93. The number of benzene rings is 1. The van der Waals surface area contributed by atoms with Crippen LogP contribution in [0.4, 0.5) is 5.69 Å². The van der Waals surface area contributed by atoms with Gasteiger partial charge in [-0.15, -0.1) is 11.3 Å². The molecule has 3 rings (SSSR count). The molecule has 0 bridgehead atoms. The van der Waals surface area contributed by atoms with Crippen molar-refractivity contribution in [2.45, 2.75) is 25.9 Å². The highest BCUT2D eigenvalue weighted by Crippen LogP contribution is 2.34. The second-order valence-corrected chi connectivity index (χ2v) is 6.65. The summed E-state index contributed by atoms with van der Waals surface area (Å²) in [5, 5.41) is 13.3. The normalized spacial score (nSPS) is 18.5. The Balaban J connectivity index is 1.82. The zero-order valence-electron chi connectivity index (χ0n) is 11.6. The molecule has 0 fully saturated rings. The van der Waals surface area contributed by atoms with Crippen molar-refractivity contribution < 1.29 is 4.92 Å². The van der Waals surface area contributed by atoms with E-state index in [0.717, 1.165) is 18.5 Å². The van der Waals surface area contributed by atoms with Gasteiger partial charge in [0.1, 0.15) is 5.02 Å². The van der Waals surface area contributed by atoms with Gasteiger partial charge in [-0.3, -0.25) is 15.0 Å². The Bertz CT molecular complexity index is 686. The van der Waals surface area contributed by atoms with Crippen molar-refractivity contribution in [2.75, 3.05) is 6.54 Å². The van der Waals surface area contributed by atoms with E-state index in [-0.39, 0.29) is 10.7 Å². The number of fused-ring (bicyclic) bond motifs is 1. The maximum absolute atomic E-state index is 11.0. The molecule has 1 unspecified atom stereocenters. The topological polar surface area (TPSA) is 46.4 Å². The molecule has 0 spiro atoms. The summed E-state index contributed by atoms with van der Waals surface area (Å²) < 4.78 is 0. The molecule has 2 aromatic rings. The fraction of sp³-hybridized carbons (Fsp3) is 0.333. The molecule has 4 nitrogen and oxygen atoms in total. The van der Waals surface area contributed by atoms with Crippen LogP contribution < -0.4 is 0 Å². The standard InChI is InChI=1S/C15H15ClN2O2S/c1-10-12-5-7-21-15(12)4-6-17(10)9-11-2-3-13(16)14(8-11)18(19)20/h2-3,5,7-8,10H,4,6,9H2,1H3. The molecule has 6 heteroatoms. The van der Waals surface area contributed by atoms with Gasteiger partial charge < -0.3 is 0 Å². The molecule has 0 N–H and O–H groups in total. The van der Waals surface area contributed by atoms with Gasteiger partial charge >= 0.3 is 0 Å². The number of nitro groups is 1. The quantitative estimate of drug-likeness (QED) is 0.620. The molecule has 21 heavy (non-hydrogen) atoms. The van der Waals surface area contributed by atoms with Gasteiger partial charge in [0.15, 0.2) is 0 Å². The summed E-state index contributed by atoms with van der Waals surface area (Å²) in [5.74, 6) is 0. The van der Waals surface area contributed by atoms with Crippen LogP contribution in [0.15, 0.2) is 29.6 Å². The third kappa shape index (κ3) is 2.81. The van der Waals surface area contributed by atoms with Crippen LogP contribution in [0.2, 0.25) is 5.02 Å². The van der Waals surface area contributed by atoms with Crippen LogP contribution in [0.5, 0.6) is 0 Å². The Morgan fingerprint density at radius 3 is 3.05 bits per heavy atom. The second kappa shape index (κ2) is 5.75. The van der Waals surface area contributed by atoms with E-state index in [1.54, 1.807) is 12.1 Å². The maximum Gasteiger partial charge on any atom is 0.288 e. The Labute approximate surface area is 132 Å². The van der Waals surface area contributed by atoms with Gasteiger partial charge in [-0.25, -0.2) is 0 Å². The molecular formula is C15H15ClN2O2S. The molecule has 110 valence electrons. The third-order valence-corrected chi connectivity index (χ3v) is 5.31. The van der Waals surface area contributed by atoms with E-state index in [0.29, 0.717) is 12.6 Å². The third-order valence-electron chi connectivity index (χ3n) is 4.00. The van der Waals surface area contributed by atoms with E-state index in [1.807, 2.05) is 17.4 Å². The van der Waals surface area contributed by atoms with Crippen LogP contribution in [-0.4, -0.2) is 16.4 Å². The summed E-state index contributed by atoms with van der Waals surface area (Å²) in [6.07, 6.45) is 1.05. The van der Waals surface area contributed by atoms with Crippen LogP contribution >= 0.6 is 22.9 Å². The van der Waals surface area contributed by atoms with Gasteiger partial charge in [-0.1, -0.05) is 17.7 Å². The van der Waals surface area contributed by atoms with Gasteiger partial charge in [0, 0.05) is 30.1 Å². The Morgan fingerprint density at radius 1 is 1.48 bits per heavy atom. The van der Waals surface area contributed by atoms with E-state index in [9.17, 15) is 10.1 Å². The van der Waals surface area contributed by atoms with Crippen molar-refractivity contribution in [1.82, 2.24) is 4.90 Å². The first kappa shape index (κ1) is 14.5. The first-order valence-corrected chi connectivity index (χ1v) is 8.05. The number of hydrogen-bond acceptors (Lipinski definition) is 4. The van der Waals surface area contributed by atoms with Gasteiger partial charge in [-0.05, 0) is 42.0 Å². The lowest BCUT2D eigenvalue weighted by Crippen LogP contribution is -2.32. The molecular weight excluding hydrogens is 308 g/mol. The van der Waals surface area contributed by atoms with Gasteiger partial charge in [0.2, 0.25) is 0 Å². The van der Waals surface area contributed by atoms with Crippen molar-refractivity contribution in [3.8, 4) is 0 Å². The van der Waals surface area contributed by atoms with Crippen molar-refractivity contribution >= 4 is 28.6 Å². The number of halogens is 1. The van der Waals surface area contributed by atoms with Crippen LogP contribution in [0.3, 0.4) is 0 Å². The fourth-order valence-electron chi connectivity index (χ4n) is 2.81. The fourth-order valence-corrected chi connectivity index (χ4v) is 3.96. The minimum absolute atomic E-state index is 0.0185. The first-order chi connectivity index (χ1) is 10.1. The minimum Gasteiger partial charge on any atom is -0.292 e. The second-order valence-electron chi connectivity index (χ2n) is 5.24. The number of hydrogen-bond donors (Lipinski definition) is 0. The molecule has 1 aromatic carbocycles. The molecule has 0 amide bonds. The zero-order valence-corrected chi connectivity index (χ0v) is 13.2. The Morgan fingerprint density at radius 2 is 2.29 bits per heavy atom. The summed E-state index contributed by atoms with van der Waals surface area (Å²) in [6, 6.07) is 7.58. The van der Waals surface area contributed by atoms with Crippen LogP contribution in [0.1, 0.15) is 29.0 Å². The van der Waals surface area contributed by atoms with E-state index in [1.165, 1.54) is 10.4 Å². The summed E-state index contributed by atoms with van der Waals surface area (Å²) in [5.41, 5.74) is 2.29. The summed E-state index contributed by atoms with van der Waals surface area (Å²) in [6.45, 7) is 3.87. The summed E-state index contributed by atoms with van der Waals surface area (Å²) >= 11 is 7.67. The monoisotopic (exact) mass is 322 g/mol. The van der Waals surface area contributed by atoms with Crippen LogP contribution in [-0.2, 0) is 13.0 Å². The molecule has 0 radical (unpaired) electrons. The van der Waals surface area contributed by atoms with E-state index >= 15 is 0 Å². The number of nitro benzene ring substituents is 1. The molecule has 0 aliphatic carbocycles.